The molecule has 0 aliphatic heterocycles. The molecular weight excluding hydrogens is 276 g/mol. The minimum atomic E-state index is -0.283. The number of pyridine rings is 1. The first-order valence-electron chi connectivity index (χ1n) is 6.10. The Bertz CT molecular complexity index is 754. The third-order valence-electron chi connectivity index (χ3n) is 2.93. The van der Waals surface area contributed by atoms with Crippen LogP contribution in [0.4, 0.5) is 0 Å². The lowest BCUT2D eigenvalue weighted by Gasteiger charge is -2.05. The second-order valence-electron chi connectivity index (χ2n) is 4.28. The van der Waals surface area contributed by atoms with Crippen molar-refractivity contribution in [3.8, 4) is 0 Å². The van der Waals surface area contributed by atoms with E-state index in [1.807, 2.05) is 24.3 Å². The predicted molar refractivity (Wildman–Crippen MR) is 76.6 cm³/mol. The Balaban J connectivity index is 1.84. The highest BCUT2D eigenvalue weighted by atomic mass is 35.5. The van der Waals surface area contributed by atoms with E-state index in [-0.39, 0.29) is 5.91 Å². The molecule has 1 aromatic carbocycles. The van der Waals surface area contributed by atoms with Crippen LogP contribution >= 0.6 is 11.6 Å². The van der Waals surface area contributed by atoms with E-state index in [4.69, 9.17) is 16.0 Å². The molecule has 1 N–H and O–H groups in total. The average molecular weight is 287 g/mol. The zero-order valence-electron chi connectivity index (χ0n) is 10.5. The maximum absolute atomic E-state index is 12.1. The van der Waals surface area contributed by atoms with Gasteiger partial charge in [0.1, 0.15) is 16.6 Å². The number of hydrogen-bond acceptors (Lipinski definition) is 3. The first kappa shape index (κ1) is 12.7. The molecule has 100 valence electrons. The minimum Gasteiger partial charge on any atom is -0.467 e. The first-order chi connectivity index (χ1) is 9.74. The summed E-state index contributed by atoms with van der Waals surface area (Å²) in [7, 11) is 0. The van der Waals surface area contributed by atoms with Crippen LogP contribution < -0.4 is 5.32 Å². The Hall–Kier alpha value is -2.33. The Kier molecular flexibility index (Phi) is 3.39. The maximum Gasteiger partial charge on any atom is 0.270 e. The zero-order valence-corrected chi connectivity index (χ0v) is 11.2. The number of aromatic nitrogens is 1. The van der Waals surface area contributed by atoms with Crippen molar-refractivity contribution < 1.29 is 9.21 Å². The first-order valence-corrected chi connectivity index (χ1v) is 6.48. The van der Waals surface area contributed by atoms with Crippen LogP contribution in [0.1, 0.15) is 16.2 Å². The van der Waals surface area contributed by atoms with Gasteiger partial charge in [-0.25, -0.2) is 4.98 Å². The Morgan fingerprint density at radius 3 is 2.90 bits per heavy atom. The van der Waals surface area contributed by atoms with E-state index in [0.29, 0.717) is 23.2 Å². The standard InChI is InChI=1S/C15H11ClN2O2/c16-14-12-6-2-1-4-10(12)8-13(18-14)15(19)17-9-11-5-3-7-20-11/h1-8H,9H2,(H,17,19). The number of amides is 1. The van der Waals surface area contributed by atoms with Gasteiger partial charge < -0.3 is 9.73 Å². The van der Waals surface area contributed by atoms with Crippen LogP contribution in [0.15, 0.2) is 53.1 Å². The predicted octanol–water partition coefficient (Wildman–Crippen LogP) is 3.41. The van der Waals surface area contributed by atoms with Crippen molar-refractivity contribution in [1.82, 2.24) is 10.3 Å². The summed E-state index contributed by atoms with van der Waals surface area (Å²) in [4.78, 5) is 16.2. The molecule has 0 saturated carbocycles. The molecule has 0 aliphatic rings. The van der Waals surface area contributed by atoms with Crippen LogP contribution in [0.5, 0.6) is 0 Å². The molecule has 5 heteroatoms. The van der Waals surface area contributed by atoms with Gasteiger partial charge in [-0.05, 0) is 23.6 Å². The number of furan rings is 1. The van der Waals surface area contributed by atoms with Crippen molar-refractivity contribution in [3.05, 3.63) is 65.3 Å². The van der Waals surface area contributed by atoms with Crippen molar-refractivity contribution >= 4 is 28.3 Å². The summed E-state index contributed by atoms with van der Waals surface area (Å²) >= 11 is 6.10. The van der Waals surface area contributed by atoms with Crippen LogP contribution in [0.25, 0.3) is 10.8 Å². The molecule has 4 nitrogen and oxygen atoms in total. The van der Waals surface area contributed by atoms with Crippen molar-refractivity contribution in [2.75, 3.05) is 0 Å². The average Bonchev–Trinajstić information content (AvgIpc) is 2.98. The molecule has 2 aromatic heterocycles. The van der Waals surface area contributed by atoms with Crippen molar-refractivity contribution in [1.29, 1.82) is 0 Å². The molecule has 3 aromatic rings. The van der Waals surface area contributed by atoms with Crippen molar-refractivity contribution in [2.24, 2.45) is 0 Å². The number of carbonyl (C=O) groups excluding carboxylic acids is 1. The molecule has 20 heavy (non-hydrogen) atoms. The lowest BCUT2D eigenvalue weighted by Crippen LogP contribution is -2.23. The van der Waals surface area contributed by atoms with Gasteiger partial charge in [-0.15, -0.1) is 0 Å². The van der Waals surface area contributed by atoms with E-state index in [9.17, 15) is 4.79 Å². The summed E-state index contributed by atoms with van der Waals surface area (Å²) < 4.78 is 5.15. The van der Waals surface area contributed by atoms with Crippen LogP contribution in [0, 0.1) is 0 Å². The van der Waals surface area contributed by atoms with Gasteiger partial charge in [-0.1, -0.05) is 35.9 Å². The van der Waals surface area contributed by atoms with E-state index < -0.39 is 0 Å². The van der Waals surface area contributed by atoms with Crippen molar-refractivity contribution in [3.63, 3.8) is 0 Å². The highest BCUT2D eigenvalue weighted by Gasteiger charge is 2.11. The Morgan fingerprint density at radius 2 is 2.10 bits per heavy atom. The molecule has 0 atom stereocenters. The SMILES string of the molecule is O=C(NCc1ccco1)c1cc2ccccc2c(Cl)n1. The molecule has 3 rings (SSSR count). The van der Waals surface area contributed by atoms with Gasteiger partial charge in [0.15, 0.2) is 0 Å². The fraction of sp³-hybridized carbons (Fsp3) is 0.0667. The minimum absolute atomic E-state index is 0.283. The van der Waals surface area contributed by atoms with Crippen LogP contribution in [0.3, 0.4) is 0 Å². The highest BCUT2D eigenvalue weighted by molar-refractivity contribution is 6.34. The molecule has 1 amide bonds. The molecule has 0 fully saturated rings. The van der Waals surface area contributed by atoms with E-state index in [1.165, 1.54) is 0 Å². The summed E-state index contributed by atoms with van der Waals surface area (Å²) in [6.45, 7) is 0.317. The van der Waals surface area contributed by atoms with Gasteiger partial charge >= 0.3 is 0 Å². The molecule has 0 radical (unpaired) electrons. The third-order valence-corrected chi connectivity index (χ3v) is 3.22. The van der Waals surface area contributed by atoms with Crippen LogP contribution in [-0.2, 0) is 6.54 Å². The van der Waals surface area contributed by atoms with Crippen molar-refractivity contribution in [2.45, 2.75) is 6.54 Å². The topological polar surface area (TPSA) is 55.1 Å². The third kappa shape index (κ3) is 2.51. The van der Waals surface area contributed by atoms with Crippen LogP contribution in [0.2, 0.25) is 5.15 Å². The second-order valence-corrected chi connectivity index (χ2v) is 4.64. The number of halogens is 1. The zero-order chi connectivity index (χ0) is 13.9. The van der Waals surface area contributed by atoms with Gasteiger partial charge in [0.05, 0.1) is 12.8 Å². The fourth-order valence-corrected chi connectivity index (χ4v) is 2.21. The maximum atomic E-state index is 12.1. The lowest BCUT2D eigenvalue weighted by atomic mass is 10.1. The van der Waals surface area contributed by atoms with E-state index in [1.54, 1.807) is 24.5 Å². The normalized spacial score (nSPS) is 10.7. The van der Waals surface area contributed by atoms with Crippen LogP contribution in [-0.4, -0.2) is 10.9 Å². The molecule has 0 unspecified atom stereocenters. The molecule has 0 spiro atoms. The van der Waals surface area contributed by atoms with Gasteiger partial charge in [0.25, 0.3) is 5.91 Å². The Labute approximate surface area is 120 Å². The number of benzene rings is 1. The summed E-state index contributed by atoms with van der Waals surface area (Å²) in [6, 6.07) is 12.8. The monoisotopic (exact) mass is 286 g/mol. The van der Waals surface area contributed by atoms with E-state index >= 15 is 0 Å². The quantitative estimate of drug-likeness (QED) is 0.751. The molecule has 0 bridgehead atoms. The smallest absolute Gasteiger partial charge is 0.270 e. The molecule has 2 heterocycles. The molecule has 0 saturated heterocycles. The summed E-state index contributed by atoms with van der Waals surface area (Å²) in [5, 5.41) is 4.78. The fourth-order valence-electron chi connectivity index (χ4n) is 1.94. The summed E-state index contributed by atoms with van der Waals surface area (Å²) in [5.41, 5.74) is 0.292. The number of carbonyl (C=O) groups is 1. The number of fused-ring (bicyclic) bond motifs is 1. The molecular formula is C15H11ClN2O2. The largest absolute Gasteiger partial charge is 0.467 e. The van der Waals surface area contributed by atoms with Gasteiger partial charge in [-0.2, -0.15) is 0 Å². The number of nitrogens with one attached hydrogen (secondary N) is 1. The summed E-state index contributed by atoms with van der Waals surface area (Å²) in [6.07, 6.45) is 1.56. The number of nitrogens with zero attached hydrogens (tertiary/aromatic N) is 1. The second kappa shape index (κ2) is 5.35. The summed E-state index contributed by atoms with van der Waals surface area (Å²) in [5.74, 6) is 0.402. The number of hydrogen-bond donors (Lipinski definition) is 1. The number of rotatable bonds is 3. The van der Waals surface area contributed by atoms with E-state index in [2.05, 4.69) is 10.3 Å². The van der Waals surface area contributed by atoms with Gasteiger partial charge in [0, 0.05) is 5.39 Å². The van der Waals surface area contributed by atoms with Gasteiger partial charge in [0.2, 0.25) is 0 Å². The van der Waals surface area contributed by atoms with E-state index in [0.717, 1.165) is 10.8 Å². The van der Waals surface area contributed by atoms with Gasteiger partial charge in [-0.3, -0.25) is 4.79 Å². The molecule has 0 aliphatic carbocycles. The highest BCUT2D eigenvalue weighted by Crippen LogP contribution is 2.22. The Morgan fingerprint density at radius 1 is 1.25 bits per heavy atom. The lowest BCUT2D eigenvalue weighted by molar-refractivity contribution is 0.0943.